The van der Waals surface area contributed by atoms with Crippen LogP contribution >= 0.6 is 11.6 Å². The first-order valence-corrected chi connectivity index (χ1v) is 16.4. The minimum absolute atomic E-state index is 0.0259. The van der Waals surface area contributed by atoms with Gasteiger partial charge < -0.3 is 19.7 Å². The summed E-state index contributed by atoms with van der Waals surface area (Å²) in [4.78, 5) is 29.1. The molecule has 9 nitrogen and oxygen atoms in total. The Labute approximate surface area is 257 Å². The molecule has 1 N–H and O–H groups in total. The second-order valence-electron chi connectivity index (χ2n) is 10.8. The fraction of sp³-hybridized carbons (Fsp3) is 0.375. The zero-order valence-electron chi connectivity index (χ0n) is 24.1. The largest absolute Gasteiger partial charge is 0.486 e. The van der Waals surface area contributed by atoms with Gasteiger partial charge in [0.15, 0.2) is 11.5 Å². The van der Waals surface area contributed by atoms with Crippen LogP contribution in [0.2, 0.25) is 5.02 Å². The second-order valence-corrected chi connectivity index (χ2v) is 13.1. The van der Waals surface area contributed by atoms with Gasteiger partial charge in [0.25, 0.3) is 10.0 Å². The number of ether oxygens (including phenoxy) is 2. The monoisotopic (exact) mass is 625 g/mol. The van der Waals surface area contributed by atoms with E-state index in [4.69, 9.17) is 21.1 Å². The molecule has 3 aromatic rings. The number of carbonyl (C=O) groups is 2. The predicted octanol–water partition coefficient (Wildman–Crippen LogP) is 5.17. The summed E-state index contributed by atoms with van der Waals surface area (Å²) in [6.07, 6.45) is 5.02. The lowest BCUT2D eigenvalue weighted by Crippen LogP contribution is -2.53. The van der Waals surface area contributed by atoms with E-state index in [0.29, 0.717) is 35.3 Å². The number of hydrogen-bond donors (Lipinski definition) is 1. The number of nitrogens with one attached hydrogen (secondary N) is 1. The Hall–Kier alpha value is -3.76. The number of amides is 2. The smallest absolute Gasteiger partial charge is 0.264 e. The molecule has 0 radical (unpaired) electrons. The van der Waals surface area contributed by atoms with Gasteiger partial charge >= 0.3 is 0 Å². The Balaban J connectivity index is 1.49. The maximum Gasteiger partial charge on any atom is 0.264 e. The average molecular weight is 626 g/mol. The van der Waals surface area contributed by atoms with Crippen molar-refractivity contribution in [3.05, 3.63) is 83.4 Å². The van der Waals surface area contributed by atoms with Crippen LogP contribution in [0.3, 0.4) is 0 Å². The molecule has 0 bridgehead atoms. The van der Waals surface area contributed by atoms with Crippen molar-refractivity contribution in [2.45, 2.75) is 62.6 Å². The highest BCUT2D eigenvalue weighted by Gasteiger charge is 2.34. The zero-order valence-corrected chi connectivity index (χ0v) is 25.6. The Kier molecular flexibility index (Phi) is 9.77. The summed E-state index contributed by atoms with van der Waals surface area (Å²) in [7, 11) is -4.20. The van der Waals surface area contributed by atoms with Crippen LogP contribution in [-0.4, -0.2) is 57.0 Å². The van der Waals surface area contributed by atoms with E-state index in [9.17, 15) is 18.0 Å². The summed E-state index contributed by atoms with van der Waals surface area (Å²) in [5.41, 5.74) is 0.880. The van der Waals surface area contributed by atoms with Crippen LogP contribution in [0.4, 0.5) is 5.69 Å². The molecule has 2 aliphatic rings. The van der Waals surface area contributed by atoms with Crippen molar-refractivity contribution in [3.8, 4) is 11.5 Å². The molecular weight excluding hydrogens is 590 g/mol. The van der Waals surface area contributed by atoms with Crippen LogP contribution in [-0.2, 0) is 26.2 Å². The topological polar surface area (TPSA) is 105 Å². The van der Waals surface area contributed by atoms with Crippen molar-refractivity contribution in [2.24, 2.45) is 0 Å². The van der Waals surface area contributed by atoms with E-state index >= 15 is 0 Å². The van der Waals surface area contributed by atoms with Gasteiger partial charge in [0.1, 0.15) is 25.8 Å². The van der Waals surface area contributed by atoms with E-state index < -0.39 is 28.5 Å². The molecule has 5 rings (SSSR count). The molecule has 11 heteroatoms. The van der Waals surface area contributed by atoms with Gasteiger partial charge in [0.2, 0.25) is 11.8 Å². The number of halogens is 1. The van der Waals surface area contributed by atoms with E-state index in [1.54, 1.807) is 67.6 Å². The third-order valence-electron chi connectivity index (χ3n) is 7.84. The summed E-state index contributed by atoms with van der Waals surface area (Å²) in [6.45, 7) is 1.84. The minimum atomic E-state index is -4.20. The van der Waals surface area contributed by atoms with Crippen molar-refractivity contribution < 1.29 is 27.5 Å². The van der Waals surface area contributed by atoms with Crippen LogP contribution in [0.5, 0.6) is 11.5 Å². The molecule has 1 heterocycles. The third kappa shape index (κ3) is 7.25. The van der Waals surface area contributed by atoms with Gasteiger partial charge in [0.05, 0.1) is 10.6 Å². The number of nitrogens with zero attached hydrogens (tertiary/aromatic N) is 2. The van der Waals surface area contributed by atoms with Crippen molar-refractivity contribution in [1.29, 1.82) is 0 Å². The molecule has 43 heavy (non-hydrogen) atoms. The lowest BCUT2D eigenvalue weighted by Gasteiger charge is -2.33. The van der Waals surface area contributed by atoms with Crippen molar-refractivity contribution in [3.63, 3.8) is 0 Å². The second kappa shape index (κ2) is 13.7. The maximum absolute atomic E-state index is 14.2. The molecular formula is C32H36ClN3O6S. The van der Waals surface area contributed by atoms with Gasteiger partial charge in [-0.1, -0.05) is 67.3 Å². The number of hydrogen-bond acceptors (Lipinski definition) is 6. The molecule has 2 amide bonds. The minimum Gasteiger partial charge on any atom is -0.486 e. The number of anilines is 1. The lowest BCUT2D eigenvalue weighted by atomic mass is 9.95. The molecule has 1 saturated carbocycles. The maximum atomic E-state index is 14.2. The van der Waals surface area contributed by atoms with Crippen LogP contribution in [0.15, 0.2) is 77.7 Å². The Morgan fingerprint density at radius 3 is 2.33 bits per heavy atom. The van der Waals surface area contributed by atoms with E-state index in [1.165, 1.54) is 17.0 Å². The van der Waals surface area contributed by atoms with Gasteiger partial charge in [0, 0.05) is 23.7 Å². The van der Waals surface area contributed by atoms with Crippen LogP contribution in [0.25, 0.3) is 0 Å². The van der Waals surface area contributed by atoms with Gasteiger partial charge in [-0.2, -0.15) is 0 Å². The van der Waals surface area contributed by atoms with Gasteiger partial charge in [-0.3, -0.25) is 13.9 Å². The Bertz CT molecular complexity index is 1550. The van der Waals surface area contributed by atoms with Crippen LogP contribution < -0.4 is 19.1 Å². The summed E-state index contributed by atoms with van der Waals surface area (Å²) < 4.78 is 40.4. The molecule has 1 aliphatic carbocycles. The SMILES string of the molecule is C[C@H](C(=O)NC1CCCCC1)N(Cc1ccccc1Cl)C(=O)CN(c1ccc2c(c1)OCCO2)S(=O)(=O)c1ccccc1. The number of fused-ring (bicyclic) bond motifs is 1. The number of sulfonamides is 1. The van der Waals surface area contributed by atoms with Crippen molar-refractivity contribution in [1.82, 2.24) is 10.2 Å². The van der Waals surface area contributed by atoms with Gasteiger partial charge in [-0.05, 0) is 55.7 Å². The van der Waals surface area contributed by atoms with Gasteiger partial charge in [-0.15, -0.1) is 0 Å². The van der Waals surface area contributed by atoms with Crippen molar-refractivity contribution >= 4 is 39.1 Å². The third-order valence-corrected chi connectivity index (χ3v) is 10.00. The normalized spacial score (nSPS) is 15.8. The molecule has 0 unspecified atom stereocenters. The summed E-state index contributed by atoms with van der Waals surface area (Å²) in [6, 6.07) is 18.9. The van der Waals surface area contributed by atoms with E-state index in [0.717, 1.165) is 36.4 Å². The Morgan fingerprint density at radius 2 is 1.60 bits per heavy atom. The molecule has 3 aromatic carbocycles. The Morgan fingerprint density at radius 1 is 0.930 bits per heavy atom. The summed E-state index contributed by atoms with van der Waals surface area (Å²) in [5.74, 6) is 0.0362. The molecule has 1 aliphatic heterocycles. The molecule has 0 saturated heterocycles. The van der Waals surface area contributed by atoms with Crippen LogP contribution in [0, 0.1) is 0 Å². The number of rotatable bonds is 10. The van der Waals surface area contributed by atoms with Crippen LogP contribution in [0.1, 0.15) is 44.6 Å². The first-order chi connectivity index (χ1) is 20.7. The summed E-state index contributed by atoms with van der Waals surface area (Å²) >= 11 is 6.46. The first kappa shape index (κ1) is 30.7. The lowest BCUT2D eigenvalue weighted by molar-refractivity contribution is -0.139. The molecule has 0 aromatic heterocycles. The van der Waals surface area contributed by atoms with E-state index in [-0.39, 0.29) is 29.1 Å². The predicted molar refractivity (Wildman–Crippen MR) is 165 cm³/mol. The first-order valence-electron chi connectivity index (χ1n) is 14.5. The van der Waals surface area contributed by atoms with E-state index in [2.05, 4.69) is 5.32 Å². The molecule has 0 spiro atoms. The van der Waals surface area contributed by atoms with E-state index in [1.807, 2.05) is 0 Å². The number of carbonyl (C=O) groups excluding carboxylic acids is 2. The standard InChI is InChI=1S/C32H36ClN3O6S/c1-23(32(38)34-25-11-4-2-5-12-25)35(21-24-10-8-9-15-28(24)33)31(37)22-36(43(39,40)27-13-6-3-7-14-27)26-16-17-29-30(20-26)42-19-18-41-29/h3,6-10,13-17,20,23,25H,2,4-5,11-12,18-19,21-22H2,1H3,(H,34,38)/t23-/m1/s1. The molecule has 228 valence electrons. The van der Waals surface area contributed by atoms with Gasteiger partial charge in [-0.25, -0.2) is 8.42 Å². The molecule has 1 fully saturated rings. The number of benzene rings is 3. The fourth-order valence-corrected chi connectivity index (χ4v) is 7.02. The highest BCUT2D eigenvalue weighted by atomic mass is 35.5. The average Bonchev–Trinajstić information content (AvgIpc) is 3.03. The van der Waals surface area contributed by atoms with Crippen molar-refractivity contribution in [2.75, 3.05) is 24.1 Å². The highest BCUT2D eigenvalue weighted by Crippen LogP contribution is 2.36. The summed E-state index contributed by atoms with van der Waals surface area (Å²) in [5, 5.41) is 3.55. The zero-order chi connectivity index (χ0) is 30.4. The molecule has 1 atom stereocenters. The highest BCUT2D eigenvalue weighted by molar-refractivity contribution is 7.92. The fourth-order valence-electron chi connectivity index (χ4n) is 5.40. The quantitative estimate of drug-likeness (QED) is 0.333.